The molecule has 0 aliphatic heterocycles. The van der Waals surface area contributed by atoms with Crippen LogP contribution in [0.3, 0.4) is 0 Å². The van der Waals surface area contributed by atoms with Gasteiger partial charge in [-0.05, 0) is 24.8 Å². The molecule has 0 unspecified atom stereocenters. The lowest BCUT2D eigenvalue weighted by atomic mass is 10.1. The lowest BCUT2D eigenvalue weighted by Gasteiger charge is -2.25. The zero-order chi connectivity index (χ0) is 11.5. The third-order valence-corrected chi connectivity index (χ3v) is 4.15. The molecule has 1 aromatic rings. The van der Waals surface area contributed by atoms with Gasteiger partial charge in [0, 0.05) is 17.1 Å². The predicted molar refractivity (Wildman–Crippen MR) is 66.4 cm³/mol. The van der Waals surface area contributed by atoms with E-state index >= 15 is 0 Å². The van der Waals surface area contributed by atoms with Gasteiger partial charge in [0.1, 0.15) is 0 Å². The number of thiophene rings is 1. The average Bonchev–Trinajstić information content (AvgIpc) is 2.64. The van der Waals surface area contributed by atoms with E-state index in [1.807, 2.05) is 24.6 Å². The molecule has 0 atom stereocenters. The van der Waals surface area contributed by atoms with Gasteiger partial charge >= 0.3 is 0 Å². The molecule has 2 nitrogen and oxygen atoms in total. The number of nitrogens with one attached hydrogen (secondary N) is 1. The monoisotopic (exact) mass is 265 g/mol. The molecule has 0 saturated heterocycles. The van der Waals surface area contributed by atoms with Crippen LogP contribution in [-0.4, -0.2) is 23.2 Å². The summed E-state index contributed by atoms with van der Waals surface area (Å²) in [6.07, 6.45) is 0. The molecule has 0 aliphatic carbocycles. The number of hydrogen-bond acceptors (Lipinski definition) is 2. The second-order valence-electron chi connectivity index (χ2n) is 3.75. The normalized spacial score (nSPS) is 11.5. The fourth-order valence-corrected chi connectivity index (χ4v) is 2.28. The molecule has 0 radical (unpaired) electrons. The summed E-state index contributed by atoms with van der Waals surface area (Å²) in [5.74, 6) is 0.481. The Morgan fingerprint density at radius 3 is 2.47 bits per heavy atom. The zero-order valence-electron chi connectivity index (χ0n) is 8.64. The molecule has 0 aromatic carbocycles. The van der Waals surface area contributed by atoms with Crippen molar-refractivity contribution in [3.63, 3.8) is 0 Å². The van der Waals surface area contributed by atoms with Crippen molar-refractivity contribution in [3.05, 3.63) is 21.9 Å². The van der Waals surface area contributed by atoms with Crippen LogP contribution in [0.1, 0.15) is 22.8 Å². The largest absolute Gasteiger partial charge is 0.344 e. The Balaban J connectivity index is 2.76. The minimum Gasteiger partial charge on any atom is -0.344 e. The predicted octanol–water partition coefficient (Wildman–Crippen LogP) is 3.02. The molecule has 1 amide bonds. The van der Waals surface area contributed by atoms with Crippen LogP contribution in [0.2, 0.25) is 0 Å². The van der Waals surface area contributed by atoms with E-state index in [-0.39, 0.29) is 5.91 Å². The first-order chi connectivity index (χ1) is 7.02. The number of hydrogen-bond donors (Lipinski definition) is 1. The summed E-state index contributed by atoms with van der Waals surface area (Å²) in [5, 5.41) is 6.60. The van der Waals surface area contributed by atoms with Crippen LogP contribution in [0.5, 0.6) is 0 Å². The van der Waals surface area contributed by atoms with Crippen LogP contribution >= 0.6 is 34.5 Å². The standard InChI is InChI=1S/C10H13Cl2NOS/c1-7-3-15-4-8(7)9(14)13-10(2,5-11)6-12/h3-4H,5-6H2,1-2H3,(H,13,14). The summed E-state index contributed by atoms with van der Waals surface area (Å²) in [7, 11) is 0. The van der Waals surface area contributed by atoms with Gasteiger partial charge < -0.3 is 5.32 Å². The van der Waals surface area contributed by atoms with Crippen molar-refractivity contribution in [2.45, 2.75) is 19.4 Å². The zero-order valence-corrected chi connectivity index (χ0v) is 11.0. The Morgan fingerprint density at radius 1 is 1.47 bits per heavy atom. The van der Waals surface area contributed by atoms with Gasteiger partial charge in [-0.1, -0.05) is 0 Å². The molecule has 0 fully saturated rings. The third kappa shape index (κ3) is 3.10. The van der Waals surface area contributed by atoms with Gasteiger partial charge in [-0.25, -0.2) is 0 Å². The van der Waals surface area contributed by atoms with Crippen molar-refractivity contribution in [2.24, 2.45) is 0 Å². The van der Waals surface area contributed by atoms with Crippen LogP contribution in [0.15, 0.2) is 10.8 Å². The van der Waals surface area contributed by atoms with E-state index in [9.17, 15) is 4.79 Å². The van der Waals surface area contributed by atoms with E-state index < -0.39 is 5.54 Å². The highest BCUT2D eigenvalue weighted by molar-refractivity contribution is 7.08. The number of amides is 1. The lowest BCUT2D eigenvalue weighted by molar-refractivity contribution is 0.0921. The van der Waals surface area contributed by atoms with Crippen molar-refractivity contribution in [3.8, 4) is 0 Å². The van der Waals surface area contributed by atoms with E-state index in [1.54, 1.807) is 0 Å². The second-order valence-corrected chi connectivity index (χ2v) is 5.03. The van der Waals surface area contributed by atoms with E-state index in [0.717, 1.165) is 5.56 Å². The molecule has 0 saturated carbocycles. The van der Waals surface area contributed by atoms with Gasteiger partial charge in [-0.15, -0.1) is 23.2 Å². The van der Waals surface area contributed by atoms with Crippen LogP contribution in [0.4, 0.5) is 0 Å². The maximum absolute atomic E-state index is 11.8. The molecule has 84 valence electrons. The number of aryl methyl sites for hydroxylation is 1. The van der Waals surface area contributed by atoms with Gasteiger partial charge in [0.05, 0.1) is 11.1 Å². The van der Waals surface area contributed by atoms with Gasteiger partial charge in [0.2, 0.25) is 0 Å². The van der Waals surface area contributed by atoms with Crippen LogP contribution in [0.25, 0.3) is 0 Å². The smallest absolute Gasteiger partial charge is 0.252 e. The first kappa shape index (κ1) is 12.8. The molecule has 1 heterocycles. The fourth-order valence-electron chi connectivity index (χ4n) is 1.04. The average molecular weight is 266 g/mol. The molecular formula is C10H13Cl2NOS. The van der Waals surface area contributed by atoms with Gasteiger partial charge in [-0.3, -0.25) is 4.79 Å². The fraction of sp³-hybridized carbons (Fsp3) is 0.500. The van der Waals surface area contributed by atoms with Crippen molar-refractivity contribution in [2.75, 3.05) is 11.8 Å². The highest BCUT2D eigenvalue weighted by atomic mass is 35.5. The minimum absolute atomic E-state index is 0.113. The first-order valence-corrected chi connectivity index (χ1v) is 6.51. The van der Waals surface area contributed by atoms with Gasteiger partial charge in [-0.2, -0.15) is 11.3 Å². The minimum atomic E-state index is -0.547. The maximum atomic E-state index is 11.8. The molecule has 1 aromatic heterocycles. The molecule has 1 N–H and O–H groups in total. The summed E-state index contributed by atoms with van der Waals surface area (Å²) >= 11 is 13.0. The summed E-state index contributed by atoms with van der Waals surface area (Å²) in [6.45, 7) is 3.73. The third-order valence-electron chi connectivity index (χ3n) is 2.11. The van der Waals surface area contributed by atoms with Crippen molar-refractivity contribution in [1.29, 1.82) is 0 Å². The lowest BCUT2D eigenvalue weighted by Crippen LogP contribution is -2.49. The van der Waals surface area contributed by atoms with Crippen LogP contribution in [0, 0.1) is 6.92 Å². The van der Waals surface area contributed by atoms with Crippen LogP contribution in [-0.2, 0) is 0 Å². The Labute approximate surface area is 104 Å². The van der Waals surface area contributed by atoms with Crippen molar-refractivity contribution >= 4 is 40.4 Å². The quantitative estimate of drug-likeness (QED) is 0.834. The highest BCUT2D eigenvalue weighted by Crippen LogP contribution is 2.16. The second kappa shape index (κ2) is 5.19. The van der Waals surface area contributed by atoms with Gasteiger partial charge in [0.15, 0.2) is 0 Å². The molecule has 0 spiro atoms. The SMILES string of the molecule is Cc1cscc1C(=O)NC(C)(CCl)CCl. The van der Waals surface area contributed by atoms with Gasteiger partial charge in [0.25, 0.3) is 5.91 Å². The molecule has 0 aliphatic rings. The van der Waals surface area contributed by atoms with E-state index in [0.29, 0.717) is 17.3 Å². The summed E-state index contributed by atoms with van der Waals surface area (Å²) in [6, 6.07) is 0. The molecule has 5 heteroatoms. The van der Waals surface area contributed by atoms with Crippen molar-refractivity contribution < 1.29 is 4.79 Å². The number of carbonyl (C=O) groups excluding carboxylic acids is 1. The molecular weight excluding hydrogens is 253 g/mol. The maximum Gasteiger partial charge on any atom is 0.252 e. The number of alkyl halides is 2. The van der Waals surface area contributed by atoms with E-state index in [1.165, 1.54) is 11.3 Å². The Bertz CT molecular complexity index is 347. The highest BCUT2D eigenvalue weighted by Gasteiger charge is 2.25. The number of halogens is 2. The number of carbonyl (C=O) groups is 1. The Kier molecular flexibility index (Phi) is 4.44. The molecule has 0 bridgehead atoms. The van der Waals surface area contributed by atoms with Crippen molar-refractivity contribution in [1.82, 2.24) is 5.32 Å². The first-order valence-electron chi connectivity index (χ1n) is 4.49. The Hall–Kier alpha value is -0.250. The van der Waals surface area contributed by atoms with E-state index in [4.69, 9.17) is 23.2 Å². The summed E-state index contributed by atoms with van der Waals surface area (Å²) < 4.78 is 0. The molecule has 1 rings (SSSR count). The van der Waals surface area contributed by atoms with E-state index in [2.05, 4.69) is 5.32 Å². The topological polar surface area (TPSA) is 29.1 Å². The summed E-state index contributed by atoms with van der Waals surface area (Å²) in [4.78, 5) is 11.8. The molecule has 15 heavy (non-hydrogen) atoms. The summed E-state index contributed by atoms with van der Waals surface area (Å²) in [5.41, 5.74) is 1.12. The number of rotatable bonds is 4. The Morgan fingerprint density at radius 2 is 2.07 bits per heavy atom. The van der Waals surface area contributed by atoms with Crippen LogP contribution < -0.4 is 5.32 Å².